The number of benzene rings is 1. The van der Waals surface area contributed by atoms with Gasteiger partial charge in [0.05, 0.1) is 17.3 Å². The van der Waals surface area contributed by atoms with Crippen LogP contribution in [0.3, 0.4) is 0 Å². The highest BCUT2D eigenvalue weighted by atomic mass is 35.5. The predicted molar refractivity (Wildman–Crippen MR) is 74.1 cm³/mol. The third kappa shape index (κ3) is 3.37. The Labute approximate surface area is 117 Å². The zero-order valence-electron chi connectivity index (χ0n) is 10.6. The Morgan fingerprint density at radius 2 is 2.00 bits per heavy atom. The molecule has 0 unspecified atom stereocenters. The standard InChI is InChI=1S/C11H16ClN3O3S/c1-7(2)15(6-10(14)16)19(17,18)11-8(12)4-3-5-9(11)13/h3-5,7H,6,13H2,1-2H3,(H2,14,16). The number of sulfonamides is 1. The highest BCUT2D eigenvalue weighted by molar-refractivity contribution is 7.89. The lowest BCUT2D eigenvalue weighted by atomic mass is 10.3. The summed E-state index contributed by atoms with van der Waals surface area (Å²) >= 11 is 5.90. The van der Waals surface area contributed by atoms with E-state index in [4.69, 9.17) is 23.1 Å². The van der Waals surface area contributed by atoms with Crippen LogP contribution in [0.5, 0.6) is 0 Å². The summed E-state index contributed by atoms with van der Waals surface area (Å²) in [5, 5.41) is 0.00937. The lowest BCUT2D eigenvalue weighted by molar-refractivity contribution is -0.118. The van der Waals surface area contributed by atoms with Crippen molar-refractivity contribution in [2.75, 3.05) is 12.3 Å². The zero-order chi connectivity index (χ0) is 14.8. The summed E-state index contributed by atoms with van der Waals surface area (Å²) in [4.78, 5) is 10.8. The number of anilines is 1. The number of halogens is 1. The van der Waals surface area contributed by atoms with Crippen molar-refractivity contribution >= 4 is 33.2 Å². The van der Waals surface area contributed by atoms with Crippen molar-refractivity contribution in [3.63, 3.8) is 0 Å². The molecule has 1 aromatic carbocycles. The molecule has 0 aliphatic rings. The van der Waals surface area contributed by atoms with Crippen molar-refractivity contribution in [2.24, 2.45) is 5.73 Å². The molecule has 0 atom stereocenters. The van der Waals surface area contributed by atoms with Gasteiger partial charge in [-0.25, -0.2) is 8.42 Å². The van der Waals surface area contributed by atoms with Crippen molar-refractivity contribution < 1.29 is 13.2 Å². The quantitative estimate of drug-likeness (QED) is 0.785. The Hall–Kier alpha value is -1.31. The second kappa shape index (κ2) is 5.77. The van der Waals surface area contributed by atoms with Crippen LogP contribution in [0.2, 0.25) is 5.02 Å². The normalized spacial score (nSPS) is 12.1. The molecule has 106 valence electrons. The smallest absolute Gasteiger partial charge is 0.247 e. The first-order valence-corrected chi connectivity index (χ1v) is 7.34. The molecule has 6 nitrogen and oxygen atoms in total. The van der Waals surface area contributed by atoms with Crippen molar-refractivity contribution in [3.05, 3.63) is 23.2 Å². The fraction of sp³-hybridized carbons (Fsp3) is 0.364. The number of nitrogen functional groups attached to an aromatic ring is 1. The highest BCUT2D eigenvalue weighted by Crippen LogP contribution is 2.30. The molecule has 0 spiro atoms. The first-order valence-electron chi connectivity index (χ1n) is 5.52. The van der Waals surface area contributed by atoms with Crippen LogP contribution in [0.1, 0.15) is 13.8 Å². The Balaban J connectivity index is 3.39. The van der Waals surface area contributed by atoms with Crippen LogP contribution in [-0.4, -0.2) is 31.2 Å². The van der Waals surface area contributed by atoms with Gasteiger partial charge in [0.1, 0.15) is 4.90 Å². The molecule has 0 radical (unpaired) electrons. The summed E-state index contributed by atoms with van der Waals surface area (Å²) in [6.45, 7) is 2.84. The third-order valence-electron chi connectivity index (χ3n) is 2.45. The monoisotopic (exact) mass is 305 g/mol. The largest absolute Gasteiger partial charge is 0.398 e. The zero-order valence-corrected chi connectivity index (χ0v) is 12.2. The van der Waals surface area contributed by atoms with Crippen LogP contribution in [0.15, 0.2) is 23.1 Å². The van der Waals surface area contributed by atoms with Gasteiger partial charge in [-0.3, -0.25) is 4.79 Å². The van der Waals surface area contributed by atoms with E-state index in [1.165, 1.54) is 12.1 Å². The minimum absolute atomic E-state index is 0.00937. The summed E-state index contributed by atoms with van der Waals surface area (Å²) in [6, 6.07) is 3.95. The van der Waals surface area contributed by atoms with Crippen molar-refractivity contribution in [1.29, 1.82) is 0 Å². The van der Waals surface area contributed by atoms with E-state index in [1.807, 2.05) is 0 Å². The van der Waals surface area contributed by atoms with E-state index < -0.39 is 28.5 Å². The highest BCUT2D eigenvalue weighted by Gasteiger charge is 2.31. The van der Waals surface area contributed by atoms with Gasteiger partial charge in [-0.15, -0.1) is 0 Å². The first-order chi connectivity index (χ1) is 8.67. The van der Waals surface area contributed by atoms with Crippen LogP contribution in [0.25, 0.3) is 0 Å². The van der Waals surface area contributed by atoms with Crippen LogP contribution < -0.4 is 11.5 Å². The molecule has 1 aromatic rings. The number of carbonyl (C=O) groups excluding carboxylic acids is 1. The summed E-state index contributed by atoms with van der Waals surface area (Å²) in [7, 11) is -3.98. The van der Waals surface area contributed by atoms with Crippen molar-refractivity contribution in [1.82, 2.24) is 4.31 Å². The van der Waals surface area contributed by atoms with Gasteiger partial charge in [0.2, 0.25) is 15.9 Å². The van der Waals surface area contributed by atoms with E-state index in [0.717, 1.165) is 4.31 Å². The lowest BCUT2D eigenvalue weighted by Crippen LogP contribution is -2.42. The second-order valence-corrected chi connectivity index (χ2v) is 6.50. The molecule has 8 heteroatoms. The number of nitrogens with two attached hydrogens (primary N) is 2. The number of primary amides is 1. The van der Waals surface area contributed by atoms with Gasteiger partial charge in [0.25, 0.3) is 0 Å². The van der Waals surface area contributed by atoms with E-state index in [9.17, 15) is 13.2 Å². The van der Waals surface area contributed by atoms with Gasteiger partial charge >= 0.3 is 0 Å². The van der Waals surface area contributed by atoms with Gasteiger partial charge in [-0.05, 0) is 26.0 Å². The average molecular weight is 306 g/mol. The minimum Gasteiger partial charge on any atom is -0.398 e. The molecule has 0 aliphatic carbocycles. The molecule has 0 saturated carbocycles. The van der Waals surface area contributed by atoms with Crippen molar-refractivity contribution in [3.8, 4) is 0 Å². The fourth-order valence-electron chi connectivity index (χ4n) is 1.61. The third-order valence-corrected chi connectivity index (χ3v) is 5.02. The summed E-state index contributed by atoms with van der Waals surface area (Å²) in [6.07, 6.45) is 0. The molecule has 1 amide bonds. The van der Waals surface area contributed by atoms with Gasteiger partial charge < -0.3 is 11.5 Å². The maximum Gasteiger partial charge on any atom is 0.247 e. The molecule has 0 heterocycles. The number of nitrogens with zero attached hydrogens (tertiary/aromatic N) is 1. The molecule has 0 fully saturated rings. The molecule has 0 saturated heterocycles. The topological polar surface area (TPSA) is 106 Å². The van der Waals surface area contributed by atoms with Crippen LogP contribution in [0.4, 0.5) is 5.69 Å². The SMILES string of the molecule is CC(C)N(CC(N)=O)S(=O)(=O)c1c(N)cccc1Cl. The van der Waals surface area contributed by atoms with E-state index in [1.54, 1.807) is 19.9 Å². The lowest BCUT2D eigenvalue weighted by Gasteiger charge is -2.25. The summed E-state index contributed by atoms with van der Waals surface area (Å²) in [5.41, 5.74) is 10.8. The second-order valence-electron chi connectivity index (χ2n) is 4.27. The van der Waals surface area contributed by atoms with Crippen LogP contribution >= 0.6 is 11.6 Å². The Kier molecular flexibility index (Phi) is 4.78. The minimum atomic E-state index is -3.98. The maximum absolute atomic E-state index is 12.5. The molecule has 1 rings (SSSR count). The average Bonchev–Trinajstić information content (AvgIpc) is 2.24. The van der Waals surface area contributed by atoms with E-state index in [0.29, 0.717) is 0 Å². The van der Waals surface area contributed by atoms with Crippen molar-refractivity contribution in [2.45, 2.75) is 24.8 Å². The van der Waals surface area contributed by atoms with Gasteiger partial charge in [-0.1, -0.05) is 17.7 Å². The number of amides is 1. The Morgan fingerprint density at radius 3 is 2.42 bits per heavy atom. The number of carbonyl (C=O) groups is 1. The van der Waals surface area contributed by atoms with Gasteiger partial charge in [-0.2, -0.15) is 4.31 Å². The molecule has 0 aliphatic heterocycles. The molecular weight excluding hydrogens is 290 g/mol. The Bertz CT molecular complexity index is 567. The molecule has 4 N–H and O–H groups in total. The fourth-order valence-corrected chi connectivity index (χ4v) is 3.86. The molecule has 0 bridgehead atoms. The van der Waals surface area contributed by atoms with Crippen LogP contribution in [0, 0.1) is 0 Å². The predicted octanol–water partition coefficient (Wildman–Crippen LogP) is 0.807. The summed E-state index contributed by atoms with van der Waals surface area (Å²) < 4.78 is 26.0. The first kappa shape index (κ1) is 15.7. The number of hydrogen-bond acceptors (Lipinski definition) is 4. The summed E-state index contributed by atoms with van der Waals surface area (Å²) in [5.74, 6) is -0.747. The number of rotatable bonds is 5. The molecule has 0 aromatic heterocycles. The van der Waals surface area contributed by atoms with Crippen LogP contribution in [-0.2, 0) is 14.8 Å². The maximum atomic E-state index is 12.5. The van der Waals surface area contributed by atoms with Gasteiger partial charge in [0, 0.05) is 6.04 Å². The number of hydrogen-bond donors (Lipinski definition) is 2. The van der Waals surface area contributed by atoms with E-state index in [-0.39, 0.29) is 15.6 Å². The molecular formula is C11H16ClN3O3S. The van der Waals surface area contributed by atoms with Gasteiger partial charge in [0.15, 0.2) is 0 Å². The van der Waals surface area contributed by atoms with E-state index in [2.05, 4.69) is 0 Å². The Morgan fingerprint density at radius 1 is 1.42 bits per heavy atom. The van der Waals surface area contributed by atoms with E-state index >= 15 is 0 Å². The molecule has 19 heavy (non-hydrogen) atoms.